The van der Waals surface area contributed by atoms with E-state index < -0.39 is 12.0 Å². The van der Waals surface area contributed by atoms with E-state index in [-0.39, 0.29) is 11.8 Å². The van der Waals surface area contributed by atoms with Crippen molar-refractivity contribution in [2.45, 2.75) is 38.6 Å². The fourth-order valence-corrected chi connectivity index (χ4v) is 5.57. The molecule has 3 aromatic carbocycles. The normalized spacial score (nSPS) is 17.9. The molecule has 2 heterocycles. The third-order valence-corrected chi connectivity index (χ3v) is 7.35. The van der Waals surface area contributed by atoms with Crippen LogP contribution >= 0.6 is 11.6 Å². The lowest BCUT2D eigenvalue weighted by Crippen LogP contribution is -2.50. The predicted molar refractivity (Wildman–Crippen MR) is 144 cm³/mol. The zero-order valence-corrected chi connectivity index (χ0v) is 21.9. The van der Waals surface area contributed by atoms with Gasteiger partial charge >= 0.3 is 0 Å². The van der Waals surface area contributed by atoms with E-state index in [9.17, 15) is 9.59 Å². The lowest BCUT2D eigenvalue weighted by molar-refractivity contribution is -0.124. The Morgan fingerprint density at radius 3 is 2.43 bits per heavy atom. The lowest BCUT2D eigenvalue weighted by atomic mass is 9.75. The van der Waals surface area contributed by atoms with E-state index in [1.54, 1.807) is 0 Å². The SMILES string of the molecule is CCOc1cc2c(cc1OCC)[C@@H]1[C@@H](C(=O)NCCc3ccc(Cl)cc3)c3ccccc3C(=O)N1CC2. The summed E-state index contributed by atoms with van der Waals surface area (Å²) in [6, 6.07) is 18.7. The van der Waals surface area contributed by atoms with E-state index in [2.05, 4.69) is 5.32 Å². The smallest absolute Gasteiger partial charge is 0.254 e. The van der Waals surface area contributed by atoms with E-state index >= 15 is 0 Å². The molecule has 0 aliphatic carbocycles. The molecule has 0 saturated carbocycles. The van der Waals surface area contributed by atoms with Crippen LogP contribution in [0.25, 0.3) is 0 Å². The standard InChI is InChI=1S/C30H31ClN2O4/c1-3-36-25-17-20-14-16-33-28(24(20)18-26(25)37-4-2)27(22-7-5-6-8-23(22)30(33)35)29(34)32-15-13-19-9-11-21(31)12-10-19/h5-12,17-18,27-28H,3-4,13-16H2,1-2H3,(H,32,34)/t27-,28+/m0/s1. The highest BCUT2D eigenvalue weighted by atomic mass is 35.5. The van der Waals surface area contributed by atoms with Gasteiger partial charge in [0.05, 0.1) is 25.2 Å². The number of nitrogens with zero attached hydrogens (tertiary/aromatic N) is 1. The number of rotatable bonds is 8. The molecule has 5 rings (SSSR count). The number of carbonyl (C=O) groups is 2. The van der Waals surface area contributed by atoms with Crippen LogP contribution in [-0.4, -0.2) is 43.0 Å². The van der Waals surface area contributed by atoms with E-state index in [0.717, 1.165) is 22.3 Å². The molecule has 0 bridgehead atoms. The lowest BCUT2D eigenvalue weighted by Gasteiger charge is -2.45. The first-order chi connectivity index (χ1) is 18.0. The Hall–Kier alpha value is -3.51. The molecule has 192 valence electrons. The maximum atomic E-state index is 13.8. The summed E-state index contributed by atoms with van der Waals surface area (Å²) in [6.07, 6.45) is 1.38. The number of ether oxygens (including phenoxy) is 2. The molecule has 1 N–H and O–H groups in total. The first-order valence-electron chi connectivity index (χ1n) is 12.9. The molecule has 2 aliphatic heterocycles. The van der Waals surface area contributed by atoms with Crippen LogP contribution in [0.4, 0.5) is 0 Å². The van der Waals surface area contributed by atoms with Gasteiger partial charge in [-0.05, 0) is 79.3 Å². The topological polar surface area (TPSA) is 67.9 Å². The maximum absolute atomic E-state index is 13.8. The average Bonchev–Trinajstić information content (AvgIpc) is 2.90. The second-order valence-corrected chi connectivity index (χ2v) is 9.73. The van der Waals surface area contributed by atoms with Crippen molar-refractivity contribution < 1.29 is 19.1 Å². The third-order valence-electron chi connectivity index (χ3n) is 7.09. The minimum atomic E-state index is -0.536. The van der Waals surface area contributed by atoms with Crippen LogP contribution in [0.2, 0.25) is 5.02 Å². The van der Waals surface area contributed by atoms with Crippen molar-refractivity contribution in [1.29, 1.82) is 0 Å². The van der Waals surface area contributed by atoms with Gasteiger partial charge < -0.3 is 19.7 Å². The molecule has 7 heteroatoms. The molecule has 2 amide bonds. The zero-order valence-electron chi connectivity index (χ0n) is 21.1. The van der Waals surface area contributed by atoms with Gasteiger partial charge in [0.25, 0.3) is 5.91 Å². The monoisotopic (exact) mass is 518 g/mol. The molecule has 0 aromatic heterocycles. The Bertz CT molecular complexity index is 1310. The van der Waals surface area contributed by atoms with Gasteiger partial charge in [-0.1, -0.05) is 41.9 Å². The molecule has 2 atom stereocenters. The van der Waals surface area contributed by atoms with Crippen LogP contribution in [0.3, 0.4) is 0 Å². The molecule has 2 aliphatic rings. The second-order valence-electron chi connectivity index (χ2n) is 9.29. The van der Waals surface area contributed by atoms with Crippen LogP contribution in [0.15, 0.2) is 60.7 Å². The minimum Gasteiger partial charge on any atom is -0.490 e. The van der Waals surface area contributed by atoms with Crippen molar-refractivity contribution in [1.82, 2.24) is 10.2 Å². The fourth-order valence-electron chi connectivity index (χ4n) is 5.44. The summed E-state index contributed by atoms with van der Waals surface area (Å²) in [7, 11) is 0. The van der Waals surface area contributed by atoms with Gasteiger partial charge in [-0.15, -0.1) is 0 Å². The number of fused-ring (bicyclic) bond motifs is 4. The minimum absolute atomic E-state index is 0.0386. The molecular weight excluding hydrogens is 488 g/mol. The molecule has 37 heavy (non-hydrogen) atoms. The van der Waals surface area contributed by atoms with Gasteiger partial charge in [-0.25, -0.2) is 0 Å². The van der Waals surface area contributed by atoms with Gasteiger partial charge in [-0.3, -0.25) is 9.59 Å². The van der Waals surface area contributed by atoms with Gasteiger partial charge in [0.15, 0.2) is 11.5 Å². The van der Waals surface area contributed by atoms with Crippen LogP contribution in [0.5, 0.6) is 11.5 Å². The Kier molecular flexibility index (Phi) is 7.38. The molecule has 0 radical (unpaired) electrons. The van der Waals surface area contributed by atoms with Gasteiger partial charge in [-0.2, -0.15) is 0 Å². The summed E-state index contributed by atoms with van der Waals surface area (Å²) in [5, 5.41) is 3.83. The van der Waals surface area contributed by atoms with Crippen molar-refractivity contribution in [3.63, 3.8) is 0 Å². The second kappa shape index (κ2) is 10.9. The van der Waals surface area contributed by atoms with Crippen molar-refractivity contribution in [3.05, 3.63) is 93.5 Å². The Labute approximate surface area is 222 Å². The highest BCUT2D eigenvalue weighted by Gasteiger charge is 2.46. The zero-order chi connectivity index (χ0) is 25.9. The van der Waals surface area contributed by atoms with Crippen molar-refractivity contribution in [2.75, 3.05) is 26.3 Å². The largest absolute Gasteiger partial charge is 0.490 e. The number of hydrogen-bond acceptors (Lipinski definition) is 4. The molecule has 3 aromatic rings. The highest BCUT2D eigenvalue weighted by Crippen LogP contribution is 2.48. The first-order valence-corrected chi connectivity index (χ1v) is 13.2. The number of benzene rings is 3. The third kappa shape index (κ3) is 4.90. The average molecular weight is 519 g/mol. The molecule has 0 fully saturated rings. The van der Waals surface area contributed by atoms with Crippen molar-refractivity contribution in [2.24, 2.45) is 0 Å². The highest BCUT2D eigenvalue weighted by molar-refractivity contribution is 6.30. The summed E-state index contributed by atoms with van der Waals surface area (Å²) >= 11 is 6.00. The molecular formula is C30H31ClN2O4. The molecule has 0 unspecified atom stereocenters. The van der Waals surface area contributed by atoms with Gasteiger partial charge in [0.1, 0.15) is 0 Å². The molecule has 0 spiro atoms. The number of amides is 2. The van der Waals surface area contributed by atoms with E-state index in [1.807, 2.05) is 79.4 Å². The summed E-state index contributed by atoms with van der Waals surface area (Å²) in [4.78, 5) is 29.2. The molecule has 0 saturated heterocycles. The Morgan fingerprint density at radius 1 is 1.00 bits per heavy atom. The van der Waals surface area contributed by atoms with Gasteiger partial charge in [0.2, 0.25) is 5.91 Å². The first kappa shape index (κ1) is 25.2. The number of hydrogen-bond donors (Lipinski definition) is 1. The van der Waals surface area contributed by atoms with Crippen LogP contribution in [-0.2, 0) is 17.6 Å². The summed E-state index contributed by atoms with van der Waals surface area (Å²) in [5.41, 5.74) is 4.48. The Morgan fingerprint density at radius 2 is 1.70 bits per heavy atom. The maximum Gasteiger partial charge on any atom is 0.254 e. The van der Waals surface area contributed by atoms with Crippen molar-refractivity contribution in [3.8, 4) is 11.5 Å². The number of nitrogens with one attached hydrogen (secondary N) is 1. The van der Waals surface area contributed by atoms with E-state index in [0.29, 0.717) is 61.2 Å². The van der Waals surface area contributed by atoms with Crippen LogP contribution in [0.1, 0.15) is 58.4 Å². The summed E-state index contributed by atoms with van der Waals surface area (Å²) in [6.45, 7) is 5.92. The van der Waals surface area contributed by atoms with E-state index in [1.165, 1.54) is 0 Å². The number of carbonyl (C=O) groups excluding carboxylic acids is 2. The van der Waals surface area contributed by atoms with Crippen molar-refractivity contribution >= 4 is 23.4 Å². The Balaban J connectivity index is 1.51. The van der Waals surface area contributed by atoms with Crippen LogP contribution < -0.4 is 14.8 Å². The number of halogens is 1. The van der Waals surface area contributed by atoms with E-state index in [4.69, 9.17) is 21.1 Å². The fraction of sp³-hybridized carbons (Fsp3) is 0.333. The summed E-state index contributed by atoms with van der Waals surface area (Å²) in [5.74, 6) is 0.665. The van der Waals surface area contributed by atoms with Crippen LogP contribution in [0, 0.1) is 0 Å². The summed E-state index contributed by atoms with van der Waals surface area (Å²) < 4.78 is 11.8. The molecule has 6 nitrogen and oxygen atoms in total. The quantitative estimate of drug-likeness (QED) is 0.437. The van der Waals surface area contributed by atoms with Gasteiger partial charge in [0, 0.05) is 23.7 Å². The predicted octanol–water partition coefficient (Wildman–Crippen LogP) is 5.33.